The number of likely N-dealkylation sites (tertiary alicyclic amines) is 1. The third kappa shape index (κ3) is 6.45. The van der Waals surface area contributed by atoms with Crippen LogP contribution in [0.15, 0.2) is 24.3 Å². The van der Waals surface area contributed by atoms with Crippen LogP contribution in [0.5, 0.6) is 0 Å². The SMILES string of the molecule is CCCCNC(=O)N1CCC[C@@H](CNC(=O)c2cccc(C(F)(F)F)c2)C1. The molecule has 1 aromatic carbocycles. The summed E-state index contributed by atoms with van der Waals surface area (Å²) in [5.41, 5.74) is -0.863. The van der Waals surface area contributed by atoms with E-state index in [2.05, 4.69) is 17.6 Å². The number of urea groups is 1. The number of carbonyl (C=O) groups is 2. The molecular formula is C19H26F3N3O2. The number of carbonyl (C=O) groups excluding carboxylic acids is 2. The van der Waals surface area contributed by atoms with Crippen LogP contribution in [0.3, 0.4) is 0 Å². The van der Waals surface area contributed by atoms with Gasteiger partial charge in [-0.15, -0.1) is 0 Å². The molecule has 1 aromatic rings. The zero-order valence-corrected chi connectivity index (χ0v) is 15.4. The van der Waals surface area contributed by atoms with Gasteiger partial charge in [-0.25, -0.2) is 4.79 Å². The highest BCUT2D eigenvalue weighted by Crippen LogP contribution is 2.29. The van der Waals surface area contributed by atoms with E-state index in [0.717, 1.165) is 37.8 Å². The van der Waals surface area contributed by atoms with Crippen LogP contribution in [-0.2, 0) is 6.18 Å². The predicted molar refractivity (Wildman–Crippen MR) is 96.4 cm³/mol. The summed E-state index contributed by atoms with van der Waals surface area (Å²) >= 11 is 0. The standard InChI is InChI=1S/C19H26F3N3O2/c1-2-3-9-23-18(27)25-10-5-6-14(13-25)12-24-17(26)15-7-4-8-16(11-15)19(20,21)22/h4,7-8,11,14H,2-3,5-6,9-10,12-13H2,1H3,(H,23,27)(H,24,26)/t14-/m0/s1. The third-order valence-electron chi connectivity index (χ3n) is 4.62. The van der Waals surface area contributed by atoms with Gasteiger partial charge < -0.3 is 15.5 Å². The molecule has 1 heterocycles. The van der Waals surface area contributed by atoms with Gasteiger partial charge in [0.2, 0.25) is 0 Å². The molecule has 0 spiro atoms. The van der Waals surface area contributed by atoms with Crippen LogP contribution in [-0.4, -0.2) is 43.0 Å². The number of hydrogen-bond acceptors (Lipinski definition) is 2. The highest BCUT2D eigenvalue weighted by atomic mass is 19.4. The van der Waals surface area contributed by atoms with Gasteiger partial charge in [0.05, 0.1) is 5.56 Å². The number of alkyl halides is 3. The molecule has 1 saturated heterocycles. The molecule has 0 aromatic heterocycles. The summed E-state index contributed by atoms with van der Waals surface area (Å²) in [6, 6.07) is 4.27. The van der Waals surface area contributed by atoms with E-state index in [1.165, 1.54) is 12.1 Å². The van der Waals surface area contributed by atoms with Gasteiger partial charge in [-0.3, -0.25) is 4.79 Å². The molecule has 27 heavy (non-hydrogen) atoms. The molecule has 1 atom stereocenters. The minimum Gasteiger partial charge on any atom is -0.352 e. The van der Waals surface area contributed by atoms with Crippen molar-refractivity contribution in [2.45, 2.75) is 38.8 Å². The first-order valence-electron chi connectivity index (χ1n) is 9.29. The Morgan fingerprint density at radius 2 is 2.04 bits per heavy atom. The smallest absolute Gasteiger partial charge is 0.352 e. The fraction of sp³-hybridized carbons (Fsp3) is 0.579. The summed E-state index contributed by atoms with van der Waals surface area (Å²) in [7, 11) is 0. The topological polar surface area (TPSA) is 61.4 Å². The molecule has 0 saturated carbocycles. The van der Waals surface area contributed by atoms with Crippen LogP contribution in [0.1, 0.15) is 48.5 Å². The maximum absolute atomic E-state index is 12.8. The fourth-order valence-corrected chi connectivity index (χ4v) is 3.08. The molecule has 8 heteroatoms. The molecule has 1 aliphatic heterocycles. The summed E-state index contributed by atoms with van der Waals surface area (Å²) in [4.78, 5) is 26.1. The number of rotatable bonds is 6. The Bertz CT molecular complexity index is 649. The van der Waals surface area contributed by atoms with Crippen molar-refractivity contribution in [1.29, 1.82) is 0 Å². The Balaban J connectivity index is 1.85. The van der Waals surface area contributed by atoms with Crippen molar-refractivity contribution >= 4 is 11.9 Å². The Labute approximate surface area is 157 Å². The van der Waals surface area contributed by atoms with Crippen LogP contribution >= 0.6 is 0 Å². The molecule has 3 amide bonds. The van der Waals surface area contributed by atoms with Crippen LogP contribution in [0.4, 0.5) is 18.0 Å². The van der Waals surface area contributed by atoms with Crippen molar-refractivity contribution < 1.29 is 22.8 Å². The minimum atomic E-state index is -4.48. The van der Waals surface area contributed by atoms with Crippen LogP contribution in [0.25, 0.3) is 0 Å². The molecule has 0 radical (unpaired) electrons. The zero-order valence-electron chi connectivity index (χ0n) is 15.4. The second-order valence-electron chi connectivity index (χ2n) is 6.83. The van der Waals surface area contributed by atoms with Crippen molar-refractivity contribution in [3.8, 4) is 0 Å². The van der Waals surface area contributed by atoms with Gasteiger partial charge in [0.25, 0.3) is 5.91 Å². The van der Waals surface area contributed by atoms with E-state index < -0.39 is 17.6 Å². The van der Waals surface area contributed by atoms with Gasteiger partial charge in [-0.2, -0.15) is 13.2 Å². The summed E-state index contributed by atoms with van der Waals surface area (Å²) < 4.78 is 38.3. The maximum atomic E-state index is 12.8. The third-order valence-corrected chi connectivity index (χ3v) is 4.62. The molecule has 1 fully saturated rings. The molecule has 2 rings (SSSR count). The zero-order chi connectivity index (χ0) is 19.9. The van der Waals surface area contributed by atoms with Crippen molar-refractivity contribution in [3.63, 3.8) is 0 Å². The van der Waals surface area contributed by atoms with E-state index >= 15 is 0 Å². The normalized spacial score (nSPS) is 17.5. The number of benzene rings is 1. The average Bonchev–Trinajstić information content (AvgIpc) is 2.66. The molecule has 5 nitrogen and oxygen atoms in total. The highest BCUT2D eigenvalue weighted by Gasteiger charge is 2.31. The Morgan fingerprint density at radius 3 is 2.74 bits per heavy atom. The Hall–Kier alpha value is -2.25. The van der Waals surface area contributed by atoms with Crippen molar-refractivity contribution in [2.24, 2.45) is 5.92 Å². The highest BCUT2D eigenvalue weighted by molar-refractivity contribution is 5.94. The van der Waals surface area contributed by atoms with E-state index in [1.807, 2.05) is 0 Å². The number of piperidine rings is 1. The molecule has 150 valence electrons. The number of unbranched alkanes of at least 4 members (excludes halogenated alkanes) is 1. The molecule has 2 N–H and O–H groups in total. The van der Waals surface area contributed by atoms with Crippen molar-refractivity contribution in [2.75, 3.05) is 26.2 Å². The summed E-state index contributed by atoms with van der Waals surface area (Å²) in [5, 5.41) is 5.57. The molecule has 0 aliphatic carbocycles. The van der Waals surface area contributed by atoms with Crippen molar-refractivity contribution in [1.82, 2.24) is 15.5 Å². The molecule has 0 bridgehead atoms. The number of nitrogens with one attached hydrogen (secondary N) is 2. The second kappa shape index (κ2) is 9.62. The average molecular weight is 385 g/mol. The fourth-order valence-electron chi connectivity index (χ4n) is 3.08. The van der Waals surface area contributed by atoms with E-state index in [9.17, 15) is 22.8 Å². The van der Waals surface area contributed by atoms with E-state index in [-0.39, 0.29) is 17.5 Å². The quantitative estimate of drug-likeness (QED) is 0.734. The first-order chi connectivity index (χ1) is 12.8. The molecular weight excluding hydrogens is 359 g/mol. The van der Waals surface area contributed by atoms with Gasteiger partial charge in [0.1, 0.15) is 0 Å². The van der Waals surface area contributed by atoms with Gasteiger partial charge in [-0.05, 0) is 43.4 Å². The lowest BCUT2D eigenvalue weighted by Gasteiger charge is -2.33. The minimum absolute atomic E-state index is 0.0187. The Kier molecular flexibility index (Phi) is 7.50. The number of hydrogen-bond donors (Lipinski definition) is 2. The largest absolute Gasteiger partial charge is 0.416 e. The van der Waals surface area contributed by atoms with Crippen LogP contribution in [0, 0.1) is 5.92 Å². The number of amides is 3. The van der Waals surface area contributed by atoms with E-state index in [1.54, 1.807) is 4.90 Å². The monoisotopic (exact) mass is 385 g/mol. The van der Waals surface area contributed by atoms with Crippen molar-refractivity contribution in [3.05, 3.63) is 35.4 Å². The summed E-state index contributed by atoms with van der Waals surface area (Å²) in [6.07, 6.45) is -0.848. The lowest BCUT2D eigenvalue weighted by Crippen LogP contribution is -2.47. The lowest BCUT2D eigenvalue weighted by atomic mass is 9.98. The predicted octanol–water partition coefficient (Wildman–Crippen LogP) is 3.66. The van der Waals surface area contributed by atoms with Gasteiger partial charge >= 0.3 is 12.2 Å². The van der Waals surface area contributed by atoms with Gasteiger partial charge in [0, 0.05) is 31.7 Å². The maximum Gasteiger partial charge on any atom is 0.416 e. The van der Waals surface area contributed by atoms with Gasteiger partial charge in [0.15, 0.2) is 0 Å². The van der Waals surface area contributed by atoms with Crippen LogP contribution in [0.2, 0.25) is 0 Å². The number of nitrogens with zero attached hydrogens (tertiary/aromatic N) is 1. The number of halogens is 3. The second-order valence-corrected chi connectivity index (χ2v) is 6.83. The first-order valence-corrected chi connectivity index (χ1v) is 9.29. The summed E-state index contributed by atoms with van der Waals surface area (Å²) in [6.45, 7) is 4.23. The van der Waals surface area contributed by atoms with E-state index in [4.69, 9.17) is 0 Å². The Morgan fingerprint density at radius 1 is 1.26 bits per heavy atom. The first kappa shape index (κ1) is 21.1. The molecule has 0 unspecified atom stereocenters. The van der Waals surface area contributed by atoms with Gasteiger partial charge in [-0.1, -0.05) is 19.4 Å². The molecule has 1 aliphatic rings. The summed E-state index contributed by atoms with van der Waals surface area (Å²) in [5.74, 6) is -0.448. The lowest BCUT2D eigenvalue weighted by molar-refractivity contribution is -0.137. The van der Waals surface area contributed by atoms with Crippen LogP contribution < -0.4 is 10.6 Å². The van der Waals surface area contributed by atoms with E-state index in [0.29, 0.717) is 26.2 Å².